The Balaban J connectivity index is 1.59. The Morgan fingerprint density at radius 3 is 2.83 bits per heavy atom. The molecule has 2 aliphatic heterocycles. The normalized spacial score (nSPS) is 26.8. The van der Waals surface area contributed by atoms with Gasteiger partial charge in [0.2, 0.25) is 0 Å². The fraction of sp³-hybridized carbons (Fsp3) is 0.833. The molecule has 1 aromatic heterocycles. The summed E-state index contributed by atoms with van der Waals surface area (Å²) in [5.74, 6) is 0.644. The molecule has 3 rings (SSSR count). The summed E-state index contributed by atoms with van der Waals surface area (Å²) in [4.78, 5) is 5.19. The van der Waals surface area contributed by atoms with E-state index in [1.807, 2.05) is 10.9 Å². The highest BCUT2D eigenvalue weighted by atomic mass is 16.5. The van der Waals surface area contributed by atoms with E-state index >= 15 is 0 Å². The number of rotatable bonds is 7. The van der Waals surface area contributed by atoms with Gasteiger partial charge >= 0.3 is 0 Å². The molecule has 1 aromatic rings. The maximum Gasteiger partial charge on any atom is 0.0594 e. The lowest BCUT2D eigenvalue weighted by Crippen LogP contribution is -2.53. The van der Waals surface area contributed by atoms with Crippen molar-refractivity contribution in [2.24, 2.45) is 5.92 Å². The van der Waals surface area contributed by atoms with Gasteiger partial charge in [0.05, 0.1) is 19.4 Å². The number of nitrogens with zero attached hydrogens (tertiary/aromatic N) is 4. The number of piperidine rings is 1. The number of likely N-dealkylation sites (tertiary alicyclic amines) is 1. The number of aromatic nitrogens is 2. The quantitative estimate of drug-likeness (QED) is 0.811. The first kappa shape index (κ1) is 17.9. The average Bonchev–Trinajstić information content (AvgIpc) is 3.08. The van der Waals surface area contributed by atoms with Gasteiger partial charge in [0, 0.05) is 57.1 Å². The van der Waals surface area contributed by atoms with Crippen molar-refractivity contribution in [1.29, 1.82) is 0 Å². The lowest BCUT2D eigenvalue weighted by molar-refractivity contribution is -0.0231. The van der Waals surface area contributed by atoms with E-state index in [9.17, 15) is 5.11 Å². The second-order valence-electron chi connectivity index (χ2n) is 7.07. The van der Waals surface area contributed by atoms with Crippen LogP contribution in [0.1, 0.15) is 31.7 Å². The molecule has 24 heavy (non-hydrogen) atoms. The highest BCUT2D eigenvalue weighted by molar-refractivity contribution is 5.04. The predicted molar refractivity (Wildman–Crippen MR) is 93.8 cm³/mol. The summed E-state index contributed by atoms with van der Waals surface area (Å²) >= 11 is 0. The molecule has 3 heterocycles. The van der Waals surface area contributed by atoms with Crippen molar-refractivity contribution in [1.82, 2.24) is 19.6 Å². The summed E-state index contributed by atoms with van der Waals surface area (Å²) in [5.41, 5.74) is 1.31. The van der Waals surface area contributed by atoms with Gasteiger partial charge in [-0.1, -0.05) is 0 Å². The van der Waals surface area contributed by atoms with Crippen LogP contribution in [0.4, 0.5) is 0 Å². The molecule has 0 saturated carbocycles. The van der Waals surface area contributed by atoms with Gasteiger partial charge in [-0.05, 0) is 38.6 Å². The molecule has 2 aliphatic rings. The van der Waals surface area contributed by atoms with Gasteiger partial charge in [-0.2, -0.15) is 5.10 Å². The molecule has 0 spiro atoms. The SMILES string of the molecule is CCn1cc(CN2CC[C@H](N3CCOCC3)[C@H](CCCO)C2)cn1. The van der Waals surface area contributed by atoms with Gasteiger partial charge in [0.25, 0.3) is 0 Å². The number of morpholine rings is 1. The van der Waals surface area contributed by atoms with Crippen molar-refractivity contribution >= 4 is 0 Å². The van der Waals surface area contributed by atoms with E-state index in [1.165, 1.54) is 12.0 Å². The summed E-state index contributed by atoms with van der Waals surface area (Å²) in [6.45, 7) is 10.5. The first-order valence-corrected chi connectivity index (χ1v) is 9.46. The zero-order valence-electron chi connectivity index (χ0n) is 14.9. The molecule has 1 N–H and O–H groups in total. The number of aliphatic hydroxyl groups is 1. The molecule has 136 valence electrons. The Morgan fingerprint density at radius 2 is 2.12 bits per heavy atom. The van der Waals surface area contributed by atoms with E-state index in [0.29, 0.717) is 18.6 Å². The molecule has 2 fully saturated rings. The summed E-state index contributed by atoms with van der Waals surface area (Å²) in [6, 6.07) is 0.648. The first-order valence-electron chi connectivity index (χ1n) is 9.46. The number of hydrogen-bond donors (Lipinski definition) is 1. The number of aliphatic hydroxyl groups excluding tert-OH is 1. The van der Waals surface area contributed by atoms with Crippen LogP contribution in [0.15, 0.2) is 12.4 Å². The van der Waals surface area contributed by atoms with Crippen molar-refractivity contribution in [2.45, 2.75) is 45.3 Å². The van der Waals surface area contributed by atoms with Gasteiger partial charge in [0.15, 0.2) is 0 Å². The second-order valence-corrected chi connectivity index (χ2v) is 7.07. The Labute approximate surface area is 145 Å². The topological polar surface area (TPSA) is 53.8 Å². The van der Waals surface area contributed by atoms with Crippen LogP contribution in [0, 0.1) is 5.92 Å². The van der Waals surface area contributed by atoms with Crippen LogP contribution < -0.4 is 0 Å². The van der Waals surface area contributed by atoms with E-state index in [4.69, 9.17) is 4.74 Å². The minimum absolute atomic E-state index is 0.301. The molecule has 0 aliphatic carbocycles. The molecular weight excluding hydrogens is 304 g/mol. The average molecular weight is 336 g/mol. The molecule has 2 atom stereocenters. The van der Waals surface area contributed by atoms with Crippen molar-refractivity contribution < 1.29 is 9.84 Å². The number of ether oxygens (including phenoxy) is 1. The smallest absolute Gasteiger partial charge is 0.0594 e. The van der Waals surface area contributed by atoms with Crippen molar-refractivity contribution in [2.75, 3.05) is 46.0 Å². The largest absolute Gasteiger partial charge is 0.396 e. The molecule has 0 bridgehead atoms. The van der Waals surface area contributed by atoms with Gasteiger partial charge in [-0.3, -0.25) is 14.5 Å². The predicted octanol–water partition coefficient (Wildman–Crippen LogP) is 1.20. The van der Waals surface area contributed by atoms with E-state index in [-0.39, 0.29) is 0 Å². The fourth-order valence-electron chi connectivity index (χ4n) is 4.18. The third-order valence-electron chi connectivity index (χ3n) is 5.44. The monoisotopic (exact) mass is 336 g/mol. The van der Waals surface area contributed by atoms with Gasteiger partial charge in [-0.15, -0.1) is 0 Å². The molecule has 0 unspecified atom stereocenters. The summed E-state index contributed by atoms with van der Waals surface area (Å²) < 4.78 is 7.52. The maximum atomic E-state index is 9.27. The van der Waals surface area contributed by atoms with Crippen molar-refractivity contribution in [3.63, 3.8) is 0 Å². The van der Waals surface area contributed by atoms with E-state index < -0.39 is 0 Å². The summed E-state index contributed by atoms with van der Waals surface area (Å²) in [7, 11) is 0. The van der Waals surface area contributed by atoms with Crippen LogP contribution in [0.5, 0.6) is 0 Å². The van der Waals surface area contributed by atoms with E-state index in [1.54, 1.807) is 0 Å². The van der Waals surface area contributed by atoms with Crippen LogP contribution in [-0.4, -0.2) is 76.7 Å². The first-order chi connectivity index (χ1) is 11.8. The van der Waals surface area contributed by atoms with Gasteiger partial charge in [-0.25, -0.2) is 0 Å². The summed E-state index contributed by atoms with van der Waals surface area (Å²) in [5, 5.41) is 13.7. The Hall–Kier alpha value is -0.950. The molecular formula is C18H32N4O2. The molecule has 6 nitrogen and oxygen atoms in total. The van der Waals surface area contributed by atoms with Crippen LogP contribution >= 0.6 is 0 Å². The van der Waals surface area contributed by atoms with Gasteiger partial charge < -0.3 is 9.84 Å². The highest BCUT2D eigenvalue weighted by Gasteiger charge is 2.33. The molecule has 0 aromatic carbocycles. The van der Waals surface area contributed by atoms with E-state index in [2.05, 4.69) is 28.0 Å². The lowest BCUT2D eigenvalue weighted by Gasteiger charge is -2.45. The number of hydrogen-bond acceptors (Lipinski definition) is 5. The molecule has 6 heteroatoms. The molecule has 0 radical (unpaired) electrons. The molecule has 0 amide bonds. The Morgan fingerprint density at radius 1 is 1.29 bits per heavy atom. The fourth-order valence-corrected chi connectivity index (χ4v) is 4.18. The van der Waals surface area contributed by atoms with E-state index in [0.717, 1.165) is 65.3 Å². The van der Waals surface area contributed by atoms with Crippen LogP contribution in [-0.2, 0) is 17.8 Å². The molecule has 2 saturated heterocycles. The summed E-state index contributed by atoms with van der Waals surface area (Å²) in [6.07, 6.45) is 7.41. The minimum atomic E-state index is 0.301. The lowest BCUT2D eigenvalue weighted by atomic mass is 9.86. The Kier molecular flexibility index (Phi) is 6.66. The van der Waals surface area contributed by atoms with Gasteiger partial charge in [0.1, 0.15) is 0 Å². The maximum absolute atomic E-state index is 9.27. The van der Waals surface area contributed by atoms with Crippen molar-refractivity contribution in [3.05, 3.63) is 18.0 Å². The highest BCUT2D eigenvalue weighted by Crippen LogP contribution is 2.27. The van der Waals surface area contributed by atoms with Crippen LogP contribution in [0.3, 0.4) is 0 Å². The second kappa shape index (κ2) is 8.94. The zero-order valence-corrected chi connectivity index (χ0v) is 14.9. The van der Waals surface area contributed by atoms with Crippen LogP contribution in [0.2, 0.25) is 0 Å². The standard InChI is InChI=1S/C18H32N4O2/c1-2-22-14-16(12-19-22)13-20-6-5-18(17(15-20)4-3-9-23)21-7-10-24-11-8-21/h12,14,17-18,23H,2-11,13,15H2,1H3/t17-,18+/m1/s1. The Bertz CT molecular complexity index is 487. The van der Waals surface area contributed by atoms with Crippen LogP contribution in [0.25, 0.3) is 0 Å². The zero-order chi connectivity index (χ0) is 16.8. The third-order valence-corrected chi connectivity index (χ3v) is 5.44. The minimum Gasteiger partial charge on any atom is -0.396 e. The number of aryl methyl sites for hydroxylation is 1. The third kappa shape index (κ3) is 4.57. The van der Waals surface area contributed by atoms with Crippen molar-refractivity contribution in [3.8, 4) is 0 Å².